The maximum absolute atomic E-state index is 12.3. The highest BCUT2D eigenvalue weighted by molar-refractivity contribution is 7.09. The number of nitrogens with one attached hydrogen (secondary N) is 1. The number of rotatable bonds is 3. The van der Waals surface area contributed by atoms with E-state index in [1.54, 1.807) is 18.5 Å². The van der Waals surface area contributed by atoms with Crippen LogP contribution in [0.4, 0.5) is 18.3 Å². The van der Waals surface area contributed by atoms with E-state index in [1.165, 1.54) is 0 Å². The van der Waals surface area contributed by atoms with Crippen molar-refractivity contribution >= 4 is 16.7 Å². The van der Waals surface area contributed by atoms with E-state index < -0.39 is 12.0 Å². The molecular formula is C10H9F3N4S. The smallest absolute Gasteiger partial charge is 0.354 e. The second-order valence-electron chi connectivity index (χ2n) is 3.57. The van der Waals surface area contributed by atoms with Crippen molar-refractivity contribution in [2.45, 2.75) is 19.1 Å². The Balaban J connectivity index is 2.08. The van der Waals surface area contributed by atoms with Gasteiger partial charge in [-0.25, -0.2) is 0 Å². The van der Waals surface area contributed by atoms with E-state index in [0.717, 1.165) is 5.56 Å². The van der Waals surface area contributed by atoms with Gasteiger partial charge < -0.3 is 5.32 Å². The van der Waals surface area contributed by atoms with E-state index in [1.807, 2.05) is 13.0 Å². The van der Waals surface area contributed by atoms with E-state index >= 15 is 0 Å². The van der Waals surface area contributed by atoms with Crippen molar-refractivity contribution in [3.05, 3.63) is 35.9 Å². The summed E-state index contributed by atoms with van der Waals surface area (Å²) < 4.78 is 40.2. The third-order valence-electron chi connectivity index (χ3n) is 2.20. The summed E-state index contributed by atoms with van der Waals surface area (Å²) in [7, 11) is 0. The van der Waals surface area contributed by atoms with Crippen LogP contribution in [0.5, 0.6) is 0 Å². The number of halogens is 3. The van der Waals surface area contributed by atoms with Gasteiger partial charge in [-0.3, -0.25) is 4.98 Å². The lowest BCUT2D eigenvalue weighted by Crippen LogP contribution is -2.09. The highest BCUT2D eigenvalue weighted by Gasteiger charge is 2.36. The van der Waals surface area contributed by atoms with Gasteiger partial charge in [-0.2, -0.15) is 22.5 Å². The van der Waals surface area contributed by atoms with Gasteiger partial charge in [-0.05, 0) is 18.6 Å². The molecule has 0 radical (unpaired) electrons. The highest BCUT2D eigenvalue weighted by Crippen LogP contribution is 2.30. The molecule has 0 unspecified atom stereocenters. The van der Waals surface area contributed by atoms with Gasteiger partial charge in [-0.1, -0.05) is 6.07 Å². The molecule has 0 fully saturated rings. The molecule has 0 saturated carbocycles. The first-order valence-corrected chi connectivity index (χ1v) is 5.81. The number of pyridine rings is 1. The molecule has 18 heavy (non-hydrogen) atoms. The molecule has 0 spiro atoms. The van der Waals surface area contributed by atoms with Gasteiger partial charge in [0, 0.05) is 23.9 Å². The summed E-state index contributed by atoms with van der Waals surface area (Å²) in [5.41, 5.74) is 0.862. The van der Waals surface area contributed by atoms with Gasteiger partial charge in [0.15, 0.2) is 0 Å². The molecule has 0 bridgehead atoms. The Bertz CT molecular complexity index is 511. The fraction of sp³-hybridized carbons (Fsp3) is 0.300. The average molecular weight is 274 g/mol. The lowest BCUT2D eigenvalue weighted by Gasteiger charge is -2.11. The third kappa shape index (κ3) is 2.95. The standard InChI is InChI=1S/C10H9F3N4S/c1-6(7-3-2-4-14-5-7)15-9-16-8(17-18-9)10(11,12)13/h2-6H,1H3,(H,15,16,17)/t6-/m0/s1. The van der Waals surface area contributed by atoms with Crippen LogP contribution >= 0.6 is 11.5 Å². The van der Waals surface area contributed by atoms with Crippen molar-refractivity contribution in [2.24, 2.45) is 0 Å². The van der Waals surface area contributed by atoms with Crippen LogP contribution in [0.25, 0.3) is 0 Å². The number of hydrogen-bond acceptors (Lipinski definition) is 5. The molecule has 0 aliphatic rings. The van der Waals surface area contributed by atoms with Crippen molar-refractivity contribution in [1.29, 1.82) is 0 Å². The number of aromatic nitrogens is 3. The Kier molecular flexibility index (Phi) is 3.46. The van der Waals surface area contributed by atoms with E-state index in [-0.39, 0.29) is 11.2 Å². The zero-order valence-electron chi connectivity index (χ0n) is 9.27. The minimum Gasteiger partial charge on any atom is -0.354 e. The molecular weight excluding hydrogens is 265 g/mol. The van der Waals surface area contributed by atoms with Crippen LogP contribution in [0, 0.1) is 0 Å². The van der Waals surface area contributed by atoms with Crippen molar-refractivity contribution in [2.75, 3.05) is 5.32 Å². The Morgan fingerprint density at radius 1 is 1.39 bits per heavy atom. The summed E-state index contributed by atoms with van der Waals surface area (Å²) in [4.78, 5) is 7.34. The van der Waals surface area contributed by atoms with Gasteiger partial charge >= 0.3 is 6.18 Å². The molecule has 0 aliphatic carbocycles. The molecule has 1 N–H and O–H groups in total. The molecule has 96 valence electrons. The predicted molar refractivity (Wildman–Crippen MR) is 61.2 cm³/mol. The normalized spacial score (nSPS) is 13.3. The third-order valence-corrected chi connectivity index (χ3v) is 2.85. The lowest BCUT2D eigenvalue weighted by molar-refractivity contribution is -0.144. The zero-order chi connectivity index (χ0) is 13.2. The summed E-state index contributed by atoms with van der Waals surface area (Å²) >= 11 is 0.687. The summed E-state index contributed by atoms with van der Waals surface area (Å²) in [5, 5.41) is 2.99. The average Bonchev–Trinajstić information content (AvgIpc) is 2.78. The first-order chi connectivity index (χ1) is 8.47. The van der Waals surface area contributed by atoms with Crippen molar-refractivity contribution in [1.82, 2.24) is 14.3 Å². The van der Waals surface area contributed by atoms with Crippen LogP contribution < -0.4 is 5.32 Å². The summed E-state index contributed by atoms with van der Waals surface area (Å²) in [6.45, 7) is 1.81. The molecule has 0 amide bonds. The first-order valence-electron chi connectivity index (χ1n) is 5.04. The molecule has 0 aromatic carbocycles. The fourth-order valence-electron chi connectivity index (χ4n) is 1.30. The van der Waals surface area contributed by atoms with Crippen LogP contribution in [0.15, 0.2) is 24.5 Å². The Morgan fingerprint density at radius 3 is 2.72 bits per heavy atom. The molecule has 0 aliphatic heterocycles. The Labute approximate surface area is 105 Å². The minimum absolute atomic E-state index is 0.138. The molecule has 1 atom stereocenters. The van der Waals surface area contributed by atoms with Crippen LogP contribution in [0.1, 0.15) is 24.4 Å². The second-order valence-corrected chi connectivity index (χ2v) is 4.33. The number of nitrogens with zero attached hydrogens (tertiary/aromatic N) is 3. The lowest BCUT2D eigenvalue weighted by atomic mass is 10.1. The van der Waals surface area contributed by atoms with Gasteiger partial charge in [0.25, 0.3) is 0 Å². The maximum Gasteiger partial charge on any atom is 0.452 e. The SMILES string of the molecule is C[C@H](Nc1nc(C(F)(F)F)ns1)c1cccnc1. The van der Waals surface area contributed by atoms with Crippen LogP contribution in [-0.2, 0) is 6.18 Å². The van der Waals surface area contributed by atoms with Gasteiger partial charge in [-0.15, -0.1) is 0 Å². The van der Waals surface area contributed by atoms with E-state index in [4.69, 9.17) is 0 Å². The number of anilines is 1. The monoisotopic (exact) mass is 274 g/mol. The molecule has 2 rings (SSSR count). The molecule has 0 saturated heterocycles. The van der Waals surface area contributed by atoms with Crippen molar-refractivity contribution in [3.63, 3.8) is 0 Å². The largest absolute Gasteiger partial charge is 0.452 e. The molecule has 8 heteroatoms. The first kappa shape index (κ1) is 12.7. The molecule has 2 heterocycles. The summed E-state index contributed by atoms with van der Waals surface area (Å²) in [6, 6.07) is 3.40. The summed E-state index contributed by atoms with van der Waals surface area (Å²) in [6.07, 6.45) is -1.24. The van der Waals surface area contributed by atoms with Crippen LogP contribution in [0.3, 0.4) is 0 Å². The summed E-state index contributed by atoms with van der Waals surface area (Å²) in [5.74, 6) is -1.12. The zero-order valence-corrected chi connectivity index (χ0v) is 10.1. The van der Waals surface area contributed by atoms with Crippen molar-refractivity contribution < 1.29 is 13.2 Å². The Morgan fingerprint density at radius 2 is 2.17 bits per heavy atom. The van der Waals surface area contributed by atoms with Crippen LogP contribution in [0.2, 0.25) is 0 Å². The Hall–Kier alpha value is -1.70. The van der Waals surface area contributed by atoms with Crippen LogP contribution in [-0.4, -0.2) is 14.3 Å². The van der Waals surface area contributed by atoms with Crippen molar-refractivity contribution in [3.8, 4) is 0 Å². The molecule has 2 aromatic rings. The predicted octanol–water partition coefficient (Wildman–Crippen LogP) is 3.13. The fourth-order valence-corrected chi connectivity index (χ4v) is 1.97. The number of alkyl halides is 3. The molecule has 4 nitrogen and oxygen atoms in total. The minimum atomic E-state index is -4.51. The van der Waals surface area contributed by atoms with Gasteiger partial charge in [0.1, 0.15) is 0 Å². The highest BCUT2D eigenvalue weighted by atomic mass is 32.1. The van der Waals surface area contributed by atoms with E-state index in [9.17, 15) is 13.2 Å². The molecule has 2 aromatic heterocycles. The maximum atomic E-state index is 12.3. The quantitative estimate of drug-likeness (QED) is 0.934. The topological polar surface area (TPSA) is 50.7 Å². The second kappa shape index (κ2) is 4.89. The number of hydrogen-bond donors (Lipinski definition) is 1. The van der Waals surface area contributed by atoms with Gasteiger partial charge in [0.2, 0.25) is 11.0 Å². The van der Waals surface area contributed by atoms with E-state index in [2.05, 4.69) is 19.7 Å². The van der Waals surface area contributed by atoms with E-state index in [0.29, 0.717) is 11.5 Å². The van der Waals surface area contributed by atoms with Gasteiger partial charge in [0.05, 0.1) is 6.04 Å².